The summed E-state index contributed by atoms with van der Waals surface area (Å²) in [6.45, 7) is 13.8. The summed E-state index contributed by atoms with van der Waals surface area (Å²) in [4.78, 5) is 16.4. The first-order valence-corrected chi connectivity index (χ1v) is 20.4. The van der Waals surface area contributed by atoms with Crippen molar-refractivity contribution in [3.63, 3.8) is 0 Å². The lowest BCUT2D eigenvalue weighted by molar-refractivity contribution is 0.569. The number of aromatic nitrogens is 3. The van der Waals surface area contributed by atoms with E-state index in [-0.39, 0.29) is 10.8 Å². The first kappa shape index (κ1) is 36.4. The Kier molecular flexibility index (Phi) is 8.53. The van der Waals surface area contributed by atoms with Crippen molar-refractivity contribution in [3.05, 3.63) is 175 Å². The summed E-state index contributed by atoms with van der Waals surface area (Å²) >= 11 is 0. The average Bonchev–Trinajstić information content (AvgIpc) is 3.82. The lowest BCUT2D eigenvalue weighted by atomic mass is 9.79. The number of nitrogens with one attached hydrogen (secondary N) is 1. The Bertz CT molecular complexity index is 3110. The minimum Gasteiger partial charge on any atom is -0.454 e. The number of aromatic amines is 1. The van der Waals surface area contributed by atoms with Crippen molar-refractivity contribution in [3.8, 4) is 33.6 Å². The number of pyridine rings is 2. The van der Waals surface area contributed by atoms with Gasteiger partial charge in [-0.2, -0.15) is 0 Å². The van der Waals surface area contributed by atoms with Crippen molar-refractivity contribution in [2.45, 2.75) is 52.4 Å². The molecule has 0 amide bonds. The van der Waals surface area contributed by atoms with Gasteiger partial charge in [-0.05, 0) is 93.7 Å². The molecule has 6 aromatic carbocycles. The van der Waals surface area contributed by atoms with Gasteiger partial charge in [0.05, 0.1) is 22.6 Å². The molecule has 0 aliphatic rings. The van der Waals surface area contributed by atoms with Crippen LogP contribution >= 0.6 is 0 Å². The molecule has 5 heteroatoms. The Labute approximate surface area is 345 Å². The molecule has 0 aliphatic heterocycles. The summed E-state index contributed by atoms with van der Waals surface area (Å²) < 4.78 is 6.76. The first-order chi connectivity index (χ1) is 28.5. The molecule has 0 saturated heterocycles. The fraction of sp³-hybridized carbons (Fsp3) is 0.148. The van der Waals surface area contributed by atoms with E-state index in [1.54, 1.807) is 0 Å². The maximum atomic E-state index is 6.76. The van der Waals surface area contributed by atoms with Crippen LogP contribution in [0.1, 0.15) is 52.7 Å². The van der Waals surface area contributed by atoms with E-state index in [4.69, 9.17) is 14.4 Å². The third-order valence-corrected chi connectivity index (χ3v) is 11.5. The van der Waals surface area contributed by atoms with Gasteiger partial charge in [0.1, 0.15) is 11.4 Å². The Morgan fingerprint density at radius 2 is 1.19 bits per heavy atom. The van der Waals surface area contributed by atoms with Crippen LogP contribution in [0, 0.1) is 0 Å². The van der Waals surface area contributed by atoms with Crippen LogP contribution in [0.4, 0.5) is 17.2 Å². The Balaban J connectivity index is 1.29. The van der Waals surface area contributed by atoms with Crippen molar-refractivity contribution in [2.24, 2.45) is 0 Å². The molecule has 0 radical (unpaired) electrons. The third kappa shape index (κ3) is 6.53. The van der Waals surface area contributed by atoms with Crippen molar-refractivity contribution in [2.75, 3.05) is 4.90 Å². The molecular formula is C54H46N4O. The largest absolute Gasteiger partial charge is 0.454 e. The summed E-state index contributed by atoms with van der Waals surface area (Å²) in [6.07, 6.45) is 1.84. The topological polar surface area (TPSA) is 58.0 Å². The van der Waals surface area contributed by atoms with Crippen LogP contribution in [0.2, 0.25) is 0 Å². The van der Waals surface area contributed by atoms with E-state index in [0.717, 1.165) is 78.2 Å². The molecule has 0 aliphatic carbocycles. The molecule has 10 aromatic rings. The number of nitrogens with zero attached hydrogens (tertiary/aromatic N) is 3. The van der Waals surface area contributed by atoms with E-state index < -0.39 is 0 Å². The normalized spacial score (nSPS) is 12.2. The van der Waals surface area contributed by atoms with Crippen molar-refractivity contribution >= 4 is 60.9 Å². The number of benzene rings is 6. The second kappa shape index (κ2) is 13.8. The van der Waals surface area contributed by atoms with Crippen LogP contribution in [0.3, 0.4) is 0 Å². The lowest BCUT2D eigenvalue weighted by Crippen LogP contribution is -2.16. The van der Waals surface area contributed by atoms with Gasteiger partial charge in [0, 0.05) is 50.1 Å². The van der Waals surface area contributed by atoms with Crippen LogP contribution < -0.4 is 4.90 Å². The summed E-state index contributed by atoms with van der Waals surface area (Å²) in [5, 5.41) is 4.44. The highest BCUT2D eigenvalue weighted by molar-refractivity contribution is 6.13. The van der Waals surface area contributed by atoms with Crippen molar-refractivity contribution in [1.29, 1.82) is 0 Å². The molecule has 288 valence electrons. The van der Waals surface area contributed by atoms with Gasteiger partial charge < -0.3 is 9.40 Å². The number of hydrogen-bond donors (Lipinski definition) is 1. The fourth-order valence-electron chi connectivity index (χ4n) is 8.31. The van der Waals surface area contributed by atoms with E-state index in [0.29, 0.717) is 0 Å². The van der Waals surface area contributed by atoms with Gasteiger partial charge >= 0.3 is 0 Å². The predicted molar refractivity (Wildman–Crippen MR) is 247 cm³/mol. The summed E-state index contributed by atoms with van der Waals surface area (Å²) in [7, 11) is 0. The smallest absolute Gasteiger partial charge is 0.159 e. The van der Waals surface area contributed by atoms with E-state index in [1.165, 1.54) is 27.5 Å². The second-order valence-electron chi connectivity index (χ2n) is 17.7. The highest BCUT2D eigenvalue weighted by Gasteiger charge is 2.25. The van der Waals surface area contributed by atoms with Gasteiger partial charge in [-0.25, -0.2) is 9.97 Å². The zero-order chi connectivity index (χ0) is 40.5. The molecule has 0 saturated carbocycles. The van der Waals surface area contributed by atoms with Gasteiger partial charge in [-0.3, -0.25) is 4.90 Å². The highest BCUT2D eigenvalue weighted by Crippen LogP contribution is 2.45. The molecular weight excluding hydrogens is 721 g/mol. The highest BCUT2D eigenvalue weighted by atomic mass is 16.3. The minimum absolute atomic E-state index is 0.0424. The number of H-pyrrole nitrogens is 1. The van der Waals surface area contributed by atoms with Crippen LogP contribution in [0.5, 0.6) is 0 Å². The van der Waals surface area contributed by atoms with Crippen LogP contribution in [-0.2, 0) is 10.8 Å². The van der Waals surface area contributed by atoms with E-state index in [1.807, 2.05) is 42.6 Å². The van der Waals surface area contributed by atoms with Gasteiger partial charge in [0.15, 0.2) is 5.58 Å². The van der Waals surface area contributed by atoms with Gasteiger partial charge in [-0.1, -0.05) is 139 Å². The lowest BCUT2D eigenvalue weighted by Gasteiger charge is -2.26. The van der Waals surface area contributed by atoms with Crippen LogP contribution in [0.15, 0.2) is 168 Å². The predicted octanol–water partition coefficient (Wildman–Crippen LogP) is 15.1. The van der Waals surface area contributed by atoms with Gasteiger partial charge in [0.2, 0.25) is 0 Å². The molecule has 0 atom stereocenters. The molecule has 59 heavy (non-hydrogen) atoms. The second-order valence-corrected chi connectivity index (χ2v) is 17.7. The third-order valence-electron chi connectivity index (χ3n) is 11.5. The Morgan fingerprint density at radius 1 is 0.525 bits per heavy atom. The fourth-order valence-corrected chi connectivity index (χ4v) is 8.31. The minimum atomic E-state index is -0.0424. The maximum Gasteiger partial charge on any atom is 0.159 e. The molecule has 10 rings (SSSR count). The molecule has 4 aromatic heterocycles. The number of anilines is 3. The average molecular weight is 767 g/mol. The Hall–Kier alpha value is -6.98. The standard InChI is InChI=1S/C54H46N4O/c1-53(2,3)37-27-34(28-38(33-37)54(4,5)6)35-30-46(56-47(31-35)43-22-16-21-42-40-19-10-12-23-45(40)57-51(42)43)36-29-44-41-20-11-13-24-49(41)59-52(44)48(32-36)58(39-17-8-7-9-18-39)50-25-14-15-26-55-50/h7-33,57H,1-6H3. The summed E-state index contributed by atoms with van der Waals surface area (Å²) in [5.41, 5.74) is 14.3. The van der Waals surface area contributed by atoms with Gasteiger partial charge in [0.25, 0.3) is 0 Å². The molecule has 5 nitrogen and oxygen atoms in total. The molecule has 0 fully saturated rings. The quantitative estimate of drug-likeness (QED) is 0.183. The molecule has 0 unspecified atom stereocenters. The number of fused-ring (bicyclic) bond motifs is 6. The molecule has 1 N–H and O–H groups in total. The number of furan rings is 1. The zero-order valence-electron chi connectivity index (χ0n) is 34.3. The summed E-state index contributed by atoms with van der Waals surface area (Å²) in [6, 6.07) is 55.9. The SMILES string of the molecule is CC(C)(C)c1cc(-c2cc(-c3cc(N(c4ccccc4)c4ccccn4)c4oc5ccccc5c4c3)nc(-c3cccc4c3[nH]c3ccccc34)c2)cc(C(C)(C)C)c1. The molecule has 4 heterocycles. The van der Waals surface area contributed by atoms with Crippen molar-refractivity contribution < 1.29 is 4.42 Å². The van der Waals surface area contributed by atoms with Crippen LogP contribution in [0.25, 0.3) is 77.4 Å². The zero-order valence-corrected chi connectivity index (χ0v) is 34.3. The van der Waals surface area contributed by atoms with Gasteiger partial charge in [-0.15, -0.1) is 0 Å². The number of para-hydroxylation sites is 4. The maximum absolute atomic E-state index is 6.76. The van der Waals surface area contributed by atoms with Crippen molar-refractivity contribution in [1.82, 2.24) is 15.0 Å². The number of rotatable bonds is 6. The Morgan fingerprint density at radius 3 is 1.93 bits per heavy atom. The van der Waals surface area contributed by atoms with E-state index in [9.17, 15) is 0 Å². The van der Waals surface area contributed by atoms with Crippen LogP contribution in [-0.4, -0.2) is 15.0 Å². The van der Waals surface area contributed by atoms with E-state index in [2.05, 4.69) is 173 Å². The molecule has 0 bridgehead atoms. The molecule has 0 spiro atoms. The number of hydrogen-bond acceptors (Lipinski definition) is 4. The monoisotopic (exact) mass is 766 g/mol. The first-order valence-electron chi connectivity index (χ1n) is 20.4. The van der Waals surface area contributed by atoms with E-state index >= 15 is 0 Å². The summed E-state index contributed by atoms with van der Waals surface area (Å²) in [5.74, 6) is 0.791.